The third-order valence-corrected chi connectivity index (χ3v) is 5.79. The van der Waals surface area contributed by atoms with Crippen molar-refractivity contribution in [3.63, 3.8) is 0 Å². The van der Waals surface area contributed by atoms with Crippen LogP contribution in [0.15, 0.2) is 48.8 Å². The van der Waals surface area contributed by atoms with Gasteiger partial charge < -0.3 is 24.9 Å². The van der Waals surface area contributed by atoms with Crippen LogP contribution in [-0.2, 0) is 20.7 Å². The Hall–Kier alpha value is -2.57. The van der Waals surface area contributed by atoms with E-state index in [1.54, 1.807) is 6.08 Å². The number of quaternary nitrogens is 1. The van der Waals surface area contributed by atoms with Crippen LogP contribution in [0.4, 0.5) is 0 Å². The minimum absolute atomic E-state index is 0.159. The molecule has 0 aliphatic carbocycles. The standard InChI is InChI=1S/C21H24N2O4/c1-3-12-15(16(20(24)26-2)11-27-21(12)25)10-18-19-14(8-9-22-18)13-6-4-5-7-17(13)23-19/h3-7,11-12,15,18,21-23,25H,1,8-10H2,2H3/p+1/t12-,15+,18+,21-/m1/s1. The van der Waals surface area contributed by atoms with Gasteiger partial charge in [-0.3, -0.25) is 0 Å². The van der Waals surface area contributed by atoms with Crippen LogP contribution in [0.1, 0.15) is 23.7 Å². The molecule has 0 amide bonds. The molecule has 6 heteroatoms. The first-order valence-electron chi connectivity index (χ1n) is 9.31. The summed E-state index contributed by atoms with van der Waals surface area (Å²) in [6, 6.07) is 8.49. The maximum atomic E-state index is 12.3. The first-order chi connectivity index (χ1) is 13.1. The third kappa shape index (κ3) is 3.05. The highest BCUT2D eigenvalue weighted by molar-refractivity contribution is 5.89. The quantitative estimate of drug-likeness (QED) is 0.564. The number of aromatic nitrogens is 1. The highest BCUT2D eigenvalue weighted by atomic mass is 16.6. The number of aliphatic hydroxyl groups excluding tert-OH is 1. The first kappa shape index (κ1) is 17.8. The number of esters is 1. The lowest BCUT2D eigenvalue weighted by atomic mass is 9.78. The third-order valence-electron chi connectivity index (χ3n) is 5.79. The number of methoxy groups -OCH3 is 1. The Bertz CT molecular complexity index is 901. The Morgan fingerprint density at radius 1 is 1.48 bits per heavy atom. The molecule has 2 aromatic rings. The van der Waals surface area contributed by atoms with E-state index in [4.69, 9.17) is 9.47 Å². The molecule has 6 nitrogen and oxygen atoms in total. The van der Waals surface area contributed by atoms with Gasteiger partial charge in [-0.1, -0.05) is 24.3 Å². The molecule has 4 atom stereocenters. The number of nitrogens with two attached hydrogens (primary N) is 1. The number of para-hydroxylation sites is 1. The maximum absolute atomic E-state index is 12.3. The van der Waals surface area contributed by atoms with Crippen LogP contribution in [0, 0.1) is 11.8 Å². The number of carbonyl (C=O) groups excluding carboxylic acids is 1. The average molecular weight is 369 g/mol. The van der Waals surface area contributed by atoms with Crippen LogP contribution in [0.2, 0.25) is 0 Å². The zero-order valence-electron chi connectivity index (χ0n) is 15.4. The summed E-state index contributed by atoms with van der Waals surface area (Å²) in [6.45, 7) is 4.83. The largest absolute Gasteiger partial charge is 0.472 e. The topological polar surface area (TPSA) is 88.2 Å². The summed E-state index contributed by atoms with van der Waals surface area (Å²) in [4.78, 5) is 15.8. The number of carbonyl (C=O) groups is 1. The van der Waals surface area contributed by atoms with Crippen molar-refractivity contribution in [1.82, 2.24) is 4.98 Å². The fourth-order valence-corrected chi connectivity index (χ4v) is 4.45. The molecule has 0 radical (unpaired) electrons. The SMILES string of the molecule is C=C[C@H]1[C@H](O)OC=C(C(=O)OC)[C@H]1C[C@@H]1[NH2+]CCc2c1[nH]c1ccccc21. The minimum Gasteiger partial charge on any atom is -0.472 e. The van der Waals surface area contributed by atoms with Gasteiger partial charge in [0, 0.05) is 35.6 Å². The van der Waals surface area contributed by atoms with Gasteiger partial charge >= 0.3 is 5.97 Å². The Labute approximate surface area is 157 Å². The lowest BCUT2D eigenvalue weighted by molar-refractivity contribution is -0.701. The zero-order chi connectivity index (χ0) is 19.0. The van der Waals surface area contributed by atoms with Gasteiger partial charge in [0.1, 0.15) is 6.04 Å². The van der Waals surface area contributed by atoms with E-state index in [0.717, 1.165) is 18.5 Å². The van der Waals surface area contributed by atoms with E-state index in [0.29, 0.717) is 12.0 Å². The van der Waals surface area contributed by atoms with Crippen molar-refractivity contribution < 1.29 is 24.7 Å². The van der Waals surface area contributed by atoms with E-state index in [-0.39, 0.29) is 17.9 Å². The van der Waals surface area contributed by atoms with Crippen molar-refractivity contribution in [1.29, 1.82) is 0 Å². The normalized spacial score (nSPS) is 27.4. The number of hydrogen-bond acceptors (Lipinski definition) is 4. The molecule has 27 heavy (non-hydrogen) atoms. The summed E-state index contributed by atoms with van der Waals surface area (Å²) in [5.41, 5.74) is 4.14. The summed E-state index contributed by atoms with van der Waals surface area (Å²) in [5.74, 6) is -1.02. The van der Waals surface area contributed by atoms with Crippen molar-refractivity contribution in [3.8, 4) is 0 Å². The molecule has 4 N–H and O–H groups in total. The van der Waals surface area contributed by atoms with Crippen molar-refractivity contribution >= 4 is 16.9 Å². The molecule has 0 saturated carbocycles. The van der Waals surface area contributed by atoms with Crippen LogP contribution < -0.4 is 5.32 Å². The van der Waals surface area contributed by atoms with Gasteiger partial charge in [0.2, 0.25) is 6.29 Å². The van der Waals surface area contributed by atoms with Crippen molar-refractivity contribution in [2.75, 3.05) is 13.7 Å². The monoisotopic (exact) mass is 369 g/mol. The molecule has 0 fully saturated rings. The molecule has 3 heterocycles. The van der Waals surface area contributed by atoms with Crippen molar-refractivity contribution in [2.24, 2.45) is 11.8 Å². The van der Waals surface area contributed by atoms with Gasteiger partial charge in [0.25, 0.3) is 0 Å². The molecular formula is C21H25N2O4+. The van der Waals surface area contributed by atoms with E-state index >= 15 is 0 Å². The second-order valence-electron chi connectivity index (χ2n) is 7.19. The lowest BCUT2D eigenvalue weighted by Gasteiger charge is -2.35. The van der Waals surface area contributed by atoms with Gasteiger partial charge in [0.05, 0.1) is 31.2 Å². The van der Waals surface area contributed by atoms with E-state index in [9.17, 15) is 9.90 Å². The predicted octanol–water partition coefficient (Wildman–Crippen LogP) is 1.54. The molecule has 0 unspecified atom stereocenters. The number of fused-ring (bicyclic) bond motifs is 3. The van der Waals surface area contributed by atoms with Gasteiger partial charge in [-0.25, -0.2) is 4.79 Å². The first-order valence-corrected chi connectivity index (χ1v) is 9.31. The van der Waals surface area contributed by atoms with Crippen molar-refractivity contribution in [2.45, 2.75) is 25.2 Å². The van der Waals surface area contributed by atoms with Gasteiger partial charge in [-0.15, -0.1) is 6.58 Å². The van der Waals surface area contributed by atoms with Gasteiger partial charge in [-0.05, 0) is 11.6 Å². The maximum Gasteiger partial charge on any atom is 0.337 e. The van der Waals surface area contributed by atoms with Gasteiger partial charge in [-0.2, -0.15) is 0 Å². The Morgan fingerprint density at radius 3 is 3.07 bits per heavy atom. The second kappa shape index (κ2) is 7.21. The summed E-state index contributed by atoms with van der Waals surface area (Å²) < 4.78 is 10.2. The highest BCUT2D eigenvalue weighted by Gasteiger charge is 2.41. The summed E-state index contributed by atoms with van der Waals surface area (Å²) in [5, 5.41) is 13.8. The molecule has 2 aliphatic heterocycles. The molecule has 1 aromatic heterocycles. The molecule has 142 valence electrons. The molecule has 0 saturated heterocycles. The number of aromatic amines is 1. The fraction of sp³-hybridized carbons (Fsp3) is 0.381. The molecule has 0 bridgehead atoms. The number of aliphatic hydroxyl groups is 1. The van der Waals surface area contributed by atoms with Gasteiger partial charge in [0.15, 0.2) is 0 Å². The minimum atomic E-state index is -1.01. The Morgan fingerprint density at radius 2 is 2.30 bits per heavy atom. The van der Waals surface area contributed by atoms with E-state index < -0.39 is 12.3 Å². The molecule has 1 aromatic carbocycles. The zero-order valence-corrected chi connectivity index (χ0v) is 15.4. The summed E-state index contributed by atoms with van der Waals surface area (Å²) in [7, 11) is 1.36. The van der Waals surface area contributed by atoms with Crippen molar-refractivity contribution in [3.05, 3.63) is 60.0 Å². The number of H-pyrrole nitrogens is 1. The number of hydrogen-bond donors (Lipinski definition) is 3. The van der Waals surface area contributed by atoms with Crippen LogP contribution >= 0.6 is 0 Å². The average Bonchev–Trinajstić information content (AvgIpc) is 3.07. The summed E-state index contributed by atoms with van der Waals surface area (Å²) >= 11 is 0. The Kier molecular flexibility index (Phi) is 4.76. The predicted molar refractivity (Wildman–Crippen MR) is 101 cm³/mol. The van der Waals surface area contributed by atoms with Crippen LogP contribution in [-0.4, -0.2) is 36.0 Å². The fourth-order valence-electron chi connectivity index (χ4n) is 4.45. The molecule has 4 rings (SSSR count). The van der Waals surface area contributed by atoms with Crippen LogP contribution in [0.25, 0.3) is 10.9 Å². The van der Waals surface area contributed by atoms with Crippen LogP contribution in [0.5, 0.6) is 0 Å². The summed E-state index contributed by atoms with van der Waals surface area (Å²) in [6.07, 6.45) is 3.69. The van der Waals surface area contributed by atoms with E-state index in [1.807, 2.05) is 6.07 Å². The smallest absolute Gasteiger partial charge is 0.337 e. The number of nitrogens with one attached hydrogen (secondary N) is 1. The molecular weight excluding hydrogens is 344 g/mol. The molecule has 0 spiro atoms. The van der Waals surface area contributed by atoms with E-state index in [1.165, 1.54) is 30.0 Å². The highest BCUT2D eigenvalue weighted by Crippen LogP contribution is 2.38. The number of ether oxygens (including phenoxy) is 2. The number of rotatable bonds is 4. The van der Waals surface area contributed by atoms with E-state index in [2.05, 4.69) is 35.1 Å². The number of benzene rings is 1. The lowest BCUT2D eigenvalue weighted by Crippen LogP contribution is -2.87. The molecule has 2 aliphatic rings. The van der Waals surface area contributed by atoms with Crippen LogP contribution in [0.3, 0.4) is 0 Å². The second-order valence-corrected chi connectivity index (χ2v) is 7.19. The Balaban J connectivity index is 1.70.